The molecular formula is C17H27NO3S. The molecule has 0 spiro atoms. The van der Waals surface area contributed by atoms with Gasteiger partial charge in [-0.05, 0) is 39.7 Å². The van der Waals surface area contributed by atoms with Gasteiger partial charge in [0.2, 0.25) is 5.91 Å². The summed E-state index contributed by atoms with van der Waals surface area (Å²) < 4.78 is 5.28. The average Bonchev–Trinajstić information content (AvgIpc) is 2.69. The molecule has 4 nitrogen and oxygen atoms in total. The van der Waals surface area contributed by atoms with Gasteiger partial charge in [0.15, 0.2) is 0 Å². The summed E-state index contributed by atoms with van der Waals surface area (Å²) in [5, 5.41) is 3.49. The van der Waals surface area contributed by atoms with Gasteiger partial charge in [-0.1, -0.05) is 26.2 Å². The van der Waals surface area contributed by atoms with Crippen LogP contribution in [0.5, 0.6) is 0 Å². The van der Waals surface area contributed by atoms with Crippen molar-refractivity contribution in [3.05, 3.63) is 16.0 Å². The Labute approximate surface area is 137 Å². The molecule has 0 aliphatic heterocycles. The lowest BCUT2D eigenvalue weighted by Gasteiger charge is -2.10. The van der Waals surface area contributed by atoms with Gasteiger partial charge in [-0.3, -0.25) is 4.79 Å². The van der Waals surface area contributed by atoms with Crippen LogP contribution in [0, 0.1) is 13.8 Å². The van der Waals surface area contributed by atoms with Crippen LogP contribution in [0.1, 0.15) is 73.7 Å². The van der Waals surface area contributed by atoms with Gasteiger partial charge in [0.25, 0.3) is 0 Å². The quantitative estimate of drug-likeness (QED) is 0.549. The normalized spacial score (nSPS) is 10.8. The van der Waals surface area contributed by atoms with E-state index in [1.54, 1.807) is 0 Å². The van der Waals surface area contributed by atoms with E-state index in [0.717, 1.165) is 36.1 Å². The molecule has 1 heterocycles. The number of rotatable bonds is 8. The number of anilines is 1. The van der Waals surface area contributed by atoms with Crippen molar-refractivity contribution < 1.29 is 14.3 Å². The smallest absolute Gasteiger partial charge is 0.341 e. The molecule has 0 aliphatic rings. The topological polar surface area (TPSA) is 55.4 Å². The lowest BCUT2D eigenvalue weighted by atomic mass is 10.1. The van der Waals surface area contributed by atoms with Crippen molar-refractivity contribution in [3.8, 4) is 0 Å². The Morgan fingerprint density at radius 3 is 2.45 bits per heavy atom. The third-order valence-corrected chi connectivity index (χ3v) is 4.57. The first-order valence-electron chi connectivity index (χ1n) is 7.97. The predicted molar refractivity (Wildman–Crippen MR) is 91.7 cm³/mol. The Hall–Kier alpha value is -1.36. The van der Waals surface area contributed by atoms with Gasteiger partial charge in [0.1, 0.15) is 5.00 Å². The minimum atomic E-state index is -0.363. The first-order chi connectivity index (χ1) is 10.4. The number of unbranched alkanes of at least 4 members (excludes halogenated alkanes) is 3. The van der Waals surface area contributed by atoms with E-state index in [2.05, 4.69) is 12.2 Å². The zero-order valence-electron chi connectivity index (χ0n) is 14.2. The molecule has 0 radical (unpaired) electrons. The molecule has 1 aromatic heterocycles. The number of ether oxygens (including phenoxy) is 1. The second-order valence-corrected chi connectivity index (χ2v) is 7.03. The van der Waals surface area contributed by atoms with Crippen LogP contribution in [-0.4, -0.2) is 18.0 Å². The number of thiophene rings is 1. The molecule has 0 saturated heterocycles. The van der Waals surface area contributed by atoms with Crippen molar-refractivity contribution in [1.29, 1.82) is 0 Å². The number of nitrogens with one attached hydrogen (secondary N) is 1. The lowest BCUT2D eigenvalue weighted by Crippen LogP contribution is -2.16. The van der Waals surface area contributed by atoms with Crippen molar-refractivity contribution in [2.24, 2.45) is 0 Å². The largest absolute Gasteiger partial charge is 0.459 e. The zero-order valence-corrected chi connectivity index (χ0v) is 15.1. The highest BCUT2D eigenvalue weighted by Gasteiger charge is 2.22. The summed E-state index contributed by atoms with van der Waals surface area (Å²) in [6.07, 6.45) is 4.56. The minimum Gasteiger partial charge on any atom is -0.459 e. The zero-order chi connectivity index (χ0) is 16.7. The van der Waals surface area contributed by atoms with E-state index in [-0.39, 0.29) is 18.0 Å². The summed E-state index contributed by atoms with van der Waals surface area (Å²) in [4.78, 5) is 25.3. The fraction of sp³-hybridized carbons (Fsp3) is 0.647. The Morgan fingerprint density at radius 2 is 1.86 bits per heavy atom. The predicted octanol–water partition coefficient (Wildman–Crippen LogP) is 4.84. The molecule has 0 aliphatic carbocycles. The van der Waals surface area contributed by atoms with Crippen molar-refractivity contribution >= 4 is 28.2 Å². The van der Waals surface area contributed by atoms with Crippen molar-refractivity contribution in [2.75, 3.05) is 5.32 Å². The fourth-order valence-electron chi connectivity index (χ4n) is 2.14. The van der Waals surface area contributed by atoms with Crippen molar-refractivity contribution in [1.82, 2.24) is 0 Å². The maximum absolute atomic E-state index is 12.2. The van der Waals surface area contributed by atoms with Crippen LogP contribution in [0.2, 0.25) is 0 Å². The van der Waals surface area contributed by atoms with Crippen molar-refractivity contribution in [2.45, 2.75) is 72.8 Å². The van der Waals surface area contributed by atoms with Gasteiger partial charge in [0.05, 0.1) is 11.7 Å². The fourth-order valence-corrected chi connectivity index (χ4v) is 3.20. The van der Waals surface area contributed by atoms with E-state index in [1.165, 1.54) is 11.3 Å². The standard InChI is InChI=1S/C17H27NO3S/c1-6-7-8-9-10-14(19)18-16-15(12(4)13(5)22-16)17(20)21-11(2)3/h11H,6-10H2,1-5H3,(H,18,19). The van der Waals surface area contributed by atoms with Gasteiger partial charge >= 0.3 is 5.97 Å². The van der Waals surface area contributed by atoms with Crippen LogP contribution in [0.3, 0.4) is 0 Å². The summed E-state index contributed by atoms with van der Waals surface area (Å²) in [6, 6.07) is 0. The SMILES string of the molecule is CCCCCCC(=O)Nc1sc(C)c(C)c1C(=O)OC(C)C. The number of aryl methyl sites for hydroxylation is 1. The van der Waals surface area contributed by atoms with E-state index in [9.17, 15) is 9.59 Å². The van der Waals surface area contributed by atoms with Crippen LogP contribution in [-0.2, 0) is 9.53 Å². The third kappa shape index (κ3) is 5.44. The number of esters is 1. The number of amides is 1. The Balaban J connectivity index is 2.76. The first-order valence-corrected chi connectivity index (χ1v) is 8.79. The lowest BCUT2D eigenvalue weighted by molar-refractivity contribution is -0.116. The number of hydrogen-bond acceptors (Lipinski definition) is 4. The molecule has 1 amide bonds. The average molecular weight is 325 g/mol. The summed E-state index contributed by atoms with van der Waals surface area (Å²) >= 11 is 1.44. The van der Waals surface area contributed by atoms with Gasteiger partial charge in [-0.2, -0.15) is 0 Å². The molecule has 0 atom stereocenters. The first kappa shape index (κ1) is 18.7. The Kier molecular flexibility index (Phi) is 7.59. The summed E-state index contributed by atoms with van der Waals surface area (Å²) in [7, 11) is 0. The maximum Gasteiger partial charge on any atom is 0.341 e. The molecule has 1 N–H and O–H groups in total. The minimum absolute atomic E-state index is 0.0315. The van der Waals surface area contributed by atoms with Crippen LogP contribution in [0.15, 0.2) is 0 Å². The van der Waals surface area contributed by atoms with Crippen molar-refractivity contribution in [3.63, 3.8) is 0 Å². The number of carbonyl (C=O) groups excluding carboxylic acids is 2. The molecule has 0 saturated carbocycles. The van der Waals surface area contributed by atoms with Crippen LogP contribution in [0.25, 0.3) is 0 Å². The number of hydrogen-bond donors (Lipinski definition) is 1. The molecular weight excluding hydrogens is 298 g/mol. The highest BCUT2D eigenvalue weighted by Crippen LogP contribution is 2.33. The summed E-state index contributed by atoms with van der Waals surface area (Å²) in [5.74, 6) is -0.394. The molecule has 1 rings (SSSR count). The molecule has 22 heavy (non-hydrogen) atoms. The Morgan fingerprint density at radius 1 is 1.18 bits per heavy atom. The highest BCUT2D eigenvalue weighted by atomic mass is 32.1. The Bertz CT molecular complexity index is 520. The van der Waals surface area contributed by atoms with Gasteiger partial charge in [-0.25, -0.2) is 4.79 Å². The summed E-state index contributed by atoms with van der Waals surface area (Å²) in [6.45, 7) is 9.61. The molecule has 0 unspecified atom stereocenters. The van der Waals surface area contributed by atoms with E-state index in [1.807, 2.05) is 27.7 Å². The second kappa shape index (κ2) is 8.93. The van der Waals surface area contributed by atoms with Gasteiger partial charge < -0.3 is 10.1 Å². The van der Waals surface area contributed by atoms with E-state index in [0.29, 0.717) is 17.0 Å². The van der Waals surface area contributed by atoms with Gasteiger partial charge in [0, 0.05) is 11.3 Å². The number of carbonyl (C=O) groups is 2. The molecule has 5 heteroatoms. The van der Waals surface area contributed by atoms with Crippen LogP contribution < -0.4 is 5.32 Å². The molecule has 124 valence electrons. The van der Waals surface area contributed by atoms with E-state index < -0.39 is 0 Å². The third-order valence-electron chi connectivity index (χ3n) is 3.44. The molecule has 0 bridgehead atoms. The maximum atomic E-state index is 12.2. The molecule has 0 fully saturated rings. The van der Waals surface area contributed by atoms with Crippen LogP contribution >= 0.6 is 11.3 Å². The summed E-state index contributed by atoms with van der Waals surface area (Å²) in [5.41, 5.74) is 1.38. The molecule has 1 aromatic rings. The van der Waals surface area contributed by atoms with Crippen LogP contribution in [0.4, 0.5) is 5.00 Å². The van der Waals surface area contributed by atoms with Gasteiger partial charge in [-0.15, -0.1) is 11.3 Å². The van der Waals surface area contributed by atoms with E-state index in [4.69, 9.17) is 4.74 Å². The van der Waals surface area contributed by atoms with E-state index >= 15 is 0 Å². The monoisotopic (exact) mass is 325 g/mol. The highest BCUT2D eigenvalue weighted by molar-refractivity contribution is 7.16. The second-order valence-electron chi connectivity index (χ2n) is 5.80. The molecule has 0 aromatic carbocycles.